The summed E-state index contributed by atoms with van der Waals surface area (Å²) in [6.07, 6.45) is 8.11. The number of benzene rings is 1. The van der Waals surface area contributed by atoms with Crippen molar-refractivity contribution >= 4 is 0 Å². The average molecular weight is 261 g/mol. The van der Waals surface area contributed by atoms with Gasteiger partial charge in [0.1, 0.15) is 5.75 Å². The van der Waals surface area contributed by atoms with Crippen molar-refractivity contribution in [2.45, 2.75) is 45.1 Å². The maximum absolute atomic E-state index is 5.47. The second kappa shape index (κ2) is 9.62. The fourth-order valence-electron chi connectivity index (χ4n) is 2.25. The van der Waals surface area contributed by atoms with Crippen LogP contribution in [0.25, 0.3) is 0 Å². The van der Waals surface area contributed by atoms with Crippen molar-refractivity contribution in [1.82, 2.24) is 5.32 Å². The van der Waals surface area contributed by atoms with Crippen molar-refractivity contribution in [2.24, 2.45) is 0 Å². The van der Waals surface area contributed by atoms with E-state index in [0.29, 0.717) is 6.04 Å². The summed E-state index contributed by atoms with van der Waals surface area (Å²) in [5.74, 6) is 0.951. The molecule has 1 rings (SSSR count). The zero-order valence-electron chi connectivity index (χ0n) is 12.3. The Kier molecular flexibility index (Phi) is 7.99. The van der Waals surface area contributed by atoms with E-state index in [1.807, 2.05) is 20.0 Å². The molecule has 2 nitrogen and oxygen atoms in total. The highest BCUT2D eigenvalue weighted by molar-refractivity contribution is 5.29. The van der Waals surface area contributed by atoms with Gasteiger partial charge in [-0.25, -0.2) is 0 Å². The molecule has 1 atom stereocenters. The van der Waals surface area contributed by atoms with E-state index >= 15 is 0 Å². The van der Waals surface area contributed by atoms with Crippen LogP contribution in [0.4, 0.5) is 0 Å². The van der Waals surface area contributed by atoms with Crippen LogP contribution in [0, 0.1) is 0 Å². The summed E-state index contributed by atoms with van der Waals surface area (Å²) in [6, 6.07) is 8.88. The Bertz CT molecular complexity index is 345. The van der Waals surface area contributed by atoms with E-state index in [1.165, 1.54) is 31.2 Å². The number of hydrogen-bond donors (Lipinski definition) is 1. The molecule has 0 saturated carbocycles. The normalized spacial score (nSPS) is 12.1. The molecule has 1 aromatic carbocycles. The molecule has 0 aromatic heterocycles. The first-order chi connectivity index (χ1) is 9.31. The summed E-state index contributed by atoms with van der Waals surface area (Å²) in [4.78, 5) is 0. The molecule has 0 heterocycles. The third-order valence-electron chi connectivity index (χ3n) is 3.34. The Hall–Kier alpha value is -1.28. The van der Waals surface area contributed by atoms with E-state index in [1.54, 1.807) is 0 Å². The third-order valence-corrected chi connectivity index (χ3v) is 3.34. The van der Waals surface area contributed by atoms with E-state index < -0.39 is 0 Å². The molecule has 0 aliphatic heterocycles. The van der Waals surface area contributed by atoms with Crippen LogP contribution in [0.5, 0.6) is 5.75 Å². The van der Waals surface area contributed by atoms with Gasteiger partial charge in [0.15, 0.2) is 0 Å². The van der Waals surface area contributed by atoms with E-state index in [4.69, 9.17) is 4.74 Å². The van der Waals surface area contributed by atoms with Gasteiger partial charge >= 0.3 is 0 Å². The first-order valence-electron chi connectivity index (χ1n) is 7.32. The smallest absolute Gasteiger partial charge is 0.119 e. The molecule has 1 N–H and O–H groups in total. The van der Waals surface area contributed by atoms with Crippen LogP contribution >= 0.6 is 0 Å². The van der Waals surface area contributed by atoms with Gasteiger partial charge in [0.25, 0.3) is 0 Å². The van der Waals surface area contributed by atoms with E-state index in [9.17, 15) is 0 Å². The summed E-state index contributed by atoms with van der Waals surface area (Å²) in [5.41, 5.74) is 1.34. The maximum Gasteiger partial charge on any atom is 0.119 e. The minimum atomic E-state index is 0.444. The minimum Gasteiger partial charge on any atom is -0.494 e. The predicted molar refractivity (Wildman–Crippen MR) is 82.7 cm³/mol. The fraction of sp³-hybridized carbons (Fsp3) is 0.529. The lowest BCUT2D eigenvalue weighted by molar-refractivity contribution is 0.340. The number of hydrogen-bond acceptors (Lipinski definition) is 2. The molecule has 1 unspecified atom stereocenters. The van der Waals surface area contributed by atoms with Crippen LogP contribution in [0.3, 0.4) is 0 Å². The number of unbranched alkanes of at least 4 members (excludes halogenated alkanes) is 3. The number of allylic oxidation sites excluding steroid dienone is 1. The zero-order chi connectivity index (χ0) is 13.9. The van der Waals surface area contributed by atoms with Gasteiger partial charge in [0, 0.05) is 6.04 Å². The van der Waals surface area contributed by atoms with Gasteiger partial charge in [-0.1, -0.05) is 31.1 Å². The number of ether oxygens (including phenoxy) is 1. The third kappa shape index (κ3) is 5.93. The average Bonchev–Trinajstić information content (AvgIpc) is 2.44. The molecule has 1 aromatic rings. The van der Waals surface area contributed by atoms with Gasteiger partial charge < -0.3 is 10.1 Å². The van der Waals surface area contributed by atoms with Crippen molar-refractivity contribution in [3.05, 3.63) is 42.5 Å². The lowest BCUT2D eigenvalue weighted by atomic mass is 10.00. The van der Waals surface area contributed by atoms with Gasteiger partial charge in [-0.2, -0.15) is 0 Å². The van der Waals surface area contributed by atoms with E-state index in [-0.39, 0.29) is 0 Å². The molecule has 19 heavy (non-hydrogen) atoms. The summed E-state index contributed by atoms with van der Waals surface area (Å²) in [6.45, 7) is 6.48. The van der Waals surface area contributed by atoms with Crippen molar-refractivity contribution < 1.29 is 4.74 Å². The minimum absolute atomic E-state index is 0.444. The Morgan fingerprint density at radius 2 is 1.95 bits per heavy atom. The van der Waals surface area contributed by atoms with Crippen LogP contribution in [0.2, 0.25) is 0 Å². The molecule has 0 saturated heterocycles. The van der Waals surface area contributed by atoms with Gasteiger partial charge in [-0.3, -0.25) is 0 Å². The highest BCUT2D eigenvalue weighted by atomic mass is 16.5. The first kappa shape index (κ1) is 15.8. The number of nitrogens with one attached hydrogen (secondary N) is 1. The summed E-state index contributed by atoms with van der Waals surface area (Å²) in [7, 11) is 2.03. The molecule has 0 bridgehead atoms. The van der Waals surface area contributed by atoms with Crippen LogP contribution in [0.15, 0.2) is 36.9 Å². The second-order valence-electron chi connectivity index (χ2n) is 4.77. The predicted octanol–water partition coefficient (Wildman–Crippen LogP) is 4.48. The summed E-state index contributed by atoms with van der Waals surface area (Å²) in [5, 5.41) is 3.40. The van der Waals surface area contributed by atoms with Gasteiger partial charge in [-0.15, -0.1) is 6.58 Å². The molecule has 2 heteroatoms. The standard InChI is InChI=1S/C17H27NO/c1-4-6-7-8-9-10-17(18-3)15-11-13-16(14-12-15)19-5-2/h4,11-14,17-18H,1,5-10H2,2-3H3. The highest BCUT2D eigenvalue weighted by Crippen LogP contribution is 2.22. The maximum atomic E-state index is 5.47. The van der Waals surface area contributed by atoms with Crippen molar-refractivity contribution in [3.63, 3.8) is 0 Å². The first-order valence-corrected chi connectivity index (χ1v) is 7.32. The molecule has 0 aliphatic carbocycles. The number of rotatable bonds is 10. The van der Waals surface area contributed by atoms with Crippen LogP contribution < -0.4 is 10.1 Å². The molecular formula is C17H27NO. The SMILES string of the molecule is C=CCCCCCC(NC)c1ccc(OCC)cc1. The van der Waals surface area contributed by atoms with Crippen molar-refractivity contribution in [2.75, 3.05) is 13.7 Å². The van der Waals surface area contributed by atoms with Crippen molar-refractivity contribution in [3.8, 4) is 5.75 Å². The topological polar surface area (TPSA) is 21.3 Å². The Labute approximate surface area is 117 Å². The Morgan fingerprint density at radius 3 is 2.53 bits per heavy atom. The van der Waals surface area contributed by atoms with E-state index in [0.717, 1.165) is 18.8 Å². The molecular weight excluding hydrogens is 234 g/mol. The quantitative estimate of drug-likeness (QED) is 0.495. The van der Waals surface area contributed by atoms with Gasteiger partial charge in [0.05, 0.1) is 6.61 Å². The monoisotopic (exact) mass is 261 g/mol. The largest absolute Gasteiger partial charge is 0.494 e. The summed E-state index contributed by atoms with van der Waals surface area (Å²) >= 11 is 0. The Morgan fingerprint density at radius 1 is 1.21 bits per heavy atom. The highest BCUT2D eigenvalue weighted by Gasteiger charge is 2.08. The van der Waals surface area contributed by atoms with Crippen molar-refractivity contribution in [1.29, 1.82) is 0 Å². The molecule has 106 valence electrons. The molecule has 0 amide bonds. The molecule has 0 radical (unpaired) electrons. The lowest BCUT2D eigenvalue weighted by Gasteiger charge is -2.17. The summed E-state index contributed by atoms with van der Waals surface area (Å²) < 4.78 is 5.47. The second-order valence-corrected chi connectivity index (χ2v) is 4.77. The molecule has 0 spiro atoms. The van der Waals surface area contributed by atoms with Crippen LogP contribution in [-0.4, -0.2) is 13.7 Å². The van der Waals surface area contributed by atoms with Gasteiger partial charge in [0.2, 0.25) is 0 Å². The Balaban J connectivity index is 2.42. The van der Waals surface area contributed by atoms with Crippen LogP contribution in [0.1, 0.15) is 50.6 Å². The zero-order valence-corrected chi connectivity index (χ0v) is 12.3. The van der Waals surface area contributed by atoms with Crippen LogP contribution in [-0.2, 0) is 0 Å². The molecule has 0 fully saturated rings. The van der Waals surface area contributed by atoms with Gasteiger partial charge in [-0.05, 0) is 50.9 Å². The molecule has 0 aliphatic rings. The lowest BCUT2D eigenvalue weighted by Crippen LogP contribution is -2.16. The fourth-order valence-corrected chi connectivity index (χ4v) is 2.25. The van der Waals surface area contributed by atoms with E-state index in [2.05, 4.69) is 36.2 Å².